The van der Waals surface area contributed by atoms with E-state index in [0.717, 1.165) is 99.2 Å². The first-order valence-corrected chi connectivity index (χ1v) is 19.6. The van der Waals surface area contributed by atoms with Crippen LogP contribution >= 0.6 is 0 Å². The van der Waals surface area contributed by atoms with Crippen LogP contribution in [0.3, 0.4) is 0 Å². The number of likely N-dealkylation sites (tertiary alicyclic amines) is 2. The number of aromatic nitrogens is 4. The molecule has 0 bridgehead atoms. The summed E-state index contributed by atoms with van der Waals surface area (Å²) in [5.74, 6) is 2.72. The van der Waals surface area contributed by atoms with E-state index in [1.165, 1.54) is 0 Å². The molecule has 9 rings (SSSR count). The van der Waals surface area contributed by atoms with Gasteiger partial charge in [0.2, 0.25) is 11.8 Å². The Bertz CT molecular complexity index is 2380. The number of rotatable bonds is 10. The lowest BCUT2D eigenvalue weighted by molar-refractivity contribution is -0.134. The van der Waals surface area contributed by atoms with Gasteiger partial charge in [-0.1, -0.05) is 61.2 Å². The van der Waals surface area contributed by atoms with Gasteiger partial charge < -0.3 is 40.7 Å². The Hall–Kier alpha value is -6.24. The van der Waals surface area contributed by atoms with Gasteiger partial charge >= 0.3 is 0 Å². The zero-order valence-corrected chi connectivity index (χ0v) is 31.9. The van der Waals surface area contributed by atoms with Crippen LogP contribution in [0, 0.1) is 0 Å². The molecule has 0 aliphatic carbocycles. The summed E-state index contributed by atoms with van der Waals surface area (Å²) >= 11 is 0. The van der Waals surface area contributed by atoms with Crippen LogP contribution in [0.2, 0.25) is 0 Å². The van der Waals surface area contributed by atoms with Crippen LogP contribution in [0.25, 0.3) is 33.6 Å². The van der Waals surface area contributed by atoms with Gasteiger partial charge in [-0.25, -0.2) is 9.97 Å². The summed E-state index contributed by atoms with van der Waals surface area (Å²) < 4.78 is 12.8. The molecule has 5 aromatic rings. The number of nitrogens with zero attached hydrogens (tertiary/aromatic N) is 4. The van der Waals surface area contributed by atoms with Crippen molar-refractivity contribution in [1.82, 2.24) is 29.7 Å². The van der Waals surface area contributed by atoms with E-state index in [1.807, 2.05) is 89.8 Å². The fourth-order valence-electron chi connectivity index (χ4n) is 8.65. The molecule has 0 radical (unpaired) electrons. The van der Waals surface area contributed by atoms with Gasteiger partial charge in [0, 0.05) is 29.8 Å². The van der Waals surface area contributed by atoms with Crippen molar-refractivity contribution in [3.63, 3.8) is 0 Å². The molecule has 0 spiro atoms. The highest BCUT2D eigenvalue weighted by molar-refractivity contribution is 5.89. The van der Waals surface area contributed by atoms with E-state index < -0.39 is 12.1 Å². The van der Waals surface area contributed by atoms with E-state index in [9.17, 15) is 9.59 Å². The van der Waals surface area contributed by atoms with Crippen LogP contribution in [0.4, 0.5) is 0 Å². The Morgan fingerprint density at radius 3 is 1.95 bits per heavy atom. The number of nitrogens with one attached hydrogen (secondary N) is 2. The molecular formula is C45H46N8O4. The van der Waals surface area contributed by atoms with E-state index >= 15 is 0 Å². The quantitative estimate of drug-likeness (QED) is 0.111. The molecule has 4 atom stereocenters. The monoisotopic (exact) mass is 762 g/mol. The number of benzene rings is 3. The summed E-state index contributed by atoms with van der Waals surface area (Å²) in [6.45, 7) is 8.01. The van der Waals surface area contributed by atoms with Crippen LogP contribution in [-0.4, -0.2) is 60.7 Å². The van der Waals surface area contributed by atoms with E-state index in [4.69, 9.17) is 30.9 Å². The molecule has 6 N–H and O–H groups in total. The highest BCUT2D eigenvalue weighted by Crippen LogP contribution is 2.51. The summed E-state index contributed by atoms with van der Waals surface area (Å²) in [6.07, 6.45) is 14.4. The third-order valence-corrected chi connectivity index (χ3v) is 11.6. The first kappa shape index (κ1) is 36.4. The number of allylic oxidation sites excluding steroid dienone is 3. The first-order valence-electron chi connectivity index (χ1n) is 19.6. The van der Waals surface area contributed by atoms with Gasteiger partial charge in [0.05, 0.1) is 41.4 Å². The van der Waals surface area contributed by atoms with Crippen LogP contribution in [0.1, 0.15) is 79.1 Å². The standard InChI is InChI=1S/C45H46N8O4/c1-3-4-6-11-26(2)40(46)44(54)52-16-9-14-34(52)42-48-22-32(50-42)28-18-30-24-56-36-20-29(21-37-39(36)38(30)31(19-28)25-57-37)33-23-49-43(51-33)35-15-10-17-53(35)45(55)41(47)27-12-7-5-8-13-27/h3-8,11-13,18-23,34-35,40-41H,2,9-10,14-17,24-25,46-47H2,1H3,(H,48,50)(H,49,51)/b4-3-,11-6-/t34-,35-,40+,41+/m0/s1. The number of aromatic amines is 2. The molecule has 2 saturated heterocycles. The van der Waals surface area contributed by atoms with Gasteiger partial charge in [-0.15, -0.1) is 0 Å². The molecule has 0 unspecified atom stereocenters. The fraction of sp³-hybridized carbons (Fsp3) is 0.289. The maximum atomic E-state index is 13.5. The summed E-state index contributed by atoms with van der Waals surface area (Å²) in [5.41, 5.74) is 21.9. The Kier molecular flexibility index (Phi) is 9.59. The largest absolute Gasteiger partial charge is 0.488 e. The van der Waals surface area contributed by atoms with Gasteiger partial charge in [0.1, 0.15) is 48.4 Å². The second-order valence-electron chi connectivity index (χ2n) is 15.2. The van der Waals surface area contributed by atoms with Crippen molar-refractivity contribution in [3.05, 3.63) is 132 Å². The molecule has 0 saturated carbocycles. The zero-order chi connectivity index (χ0) is 39.2. The third-order valence-electron chi connectivity index (χ3n) is 11.6. The van der Waals surface area contributed by atoms with Gasteiger partial charge in [-0.05, 0) is 79.1 Å². The molecule has 2 aromatic heterocycles. The molecule has 2 fully saturated rings. The first-order chi connectivity index (χ1) is 27.8. The Morgan fingerprint density at radius 2 is 1.37 bits per heavy atom. The molecule has 290 valence electrons. The SMILES string of the molecule is C=C(/C=C\C=C/C)[C@@H](N)C(=O)N1CCC[C@H]1c1ncc(-c2cc3c4c(c2)COc2cc(-c5cnc([C@@H]6CCCN6C(=O)[C@H](N)c6ccccc6)[nH]5)cc(c2-4)OC3)[nH]1. The lowest BCUT2D eigenvalue weighted by Gasteiger charge is -2.30. The smallest absolute Gasteiger partial charge is 0.244 e. The summed E-state index contributed by atoms with van der Waals surface area (Å²) in [5, 5.41) is 0. The van der Waals surface area contributed by atoms with Crippen LogP contribution in [0.15, 0.2) is 103 Å². The van der Waals surface area contributed by atoms with Crippen molar-refractivity contribution in [1.29, 1.82) is 0 Å². The molecule has 4 aliphatic rings. The third kappa shape index (κ3) is 6.64. The fourth-order valence-corrected chi connectivity index (χ4v) is 8.65. The number of hydrogen-bond acceptors (Lipinski definition) is 8. The van der Waals surface area contributed by atoms with Crippen molar-refractivity contribution in [2.75, 3.05) is 13.1 Å². The number of carbonyl (C=O) groups excluding carboxylic acids is 2. The lowest BCUT2D eigenvalue weighted by Crippen LogP contribution is -2.44. The Balaban J connectivity index is 0.935. The number of carbonyl (C=O) groups is 2. The second kappa shape index (κ2) is 15.0. The average molecular weight is 763 g/mol. The van der Waals surface area contributed by atoms with E-state index in [1.54, 1.807) is 6.08 Å². The highest BCUT2D eigenvalue weighted by atomic mass is 16.5. The summed E-state index contributed by atoms with van der Waals surface area (Å²) in [6, 6.07) is 15.9. The molecule has 4 aliphatic heterocycles. The second-order valence-corrected chi connectivity index (χ2v) is 15.2. The maximum Gasteiger partial charge on any atom is 0.244 e. The molecule has 2 amide bonds. The average Bonchev–Trinajstić information content (AvgIpc) is 4.09. The number of imidazole rings is 2. The number of nitrogens with two attached hydrogens (primary N) is 2. The zero-order valence-electron chi connectivity index (χ0n) is 31.9. The van der Waals surface area contributed by atoms with Crippen molar-refractivity contribution in [3.8, 4) is 45.1 Å². The van der Waals surface area contributed by atoms with Crippen LogP contribution in [0.5, 0.6) is 11.5 Å². The molecule has 12 heteroatoms. The number of ether oxygens (including phenoxy) is 2. The number of amides is 2. The topological polar surface area (TPSA) is 168 Å². The number of H-pyrrole nitrogens is 2. The normalized spacial score (nSPS) is 19.4. The minimum absolute atomic E-state index is 0.100. The van der Waals surface area contributed by atoms with Crippen LogP contribution < -0.4 is 20.9 Å². The van der Waals surface area contributed by atoms with Crippen LogP contribution in [-0.2, 0) is 22.8 Å². The van der Waals surface area contributed by atoms with Gasteiger partial charge in [-0.3, -0.25) is 9.59 Å². The van der Waals surface area contributed by atoms with Gasteiger partial charge in [-0.2, -0.15) is 0 Å². The van der Waals surface area contributed by atoms with E-state index in [0.29, 0.717) is 31.9 Å². The van der Waals surface area contributed by atoms with Crippen molar-refractivity contribution in [2.45, 2.75) is 70.0 Å². The molecule has 57 heavy (non-hydrogen) atoms. The summed E-state index contributed by atoms with van der Waals surface area (Å²) in [4.78, 5) is 47.2. The minimum Gasteiger partial charge on any atom is -0.488 e. The summed E-state index contributed by atoms with van der Waals surface area (Å²) in [7, 11) is 0. The van der Waals surface area contributed by atoms with Gasteiger partial charge in [0.25, 0.3) is 0 Å². The van der Waals surface area contributed by atoms with Crippen molar-refractivity contribution >= 4 is 11.8 Å². The molecule has 6 heterocycles. The predicted molar refractivity (Wildman–Crippen MR) is 218 cm³/mol. The minimum atomic E-state index is -0.818. The van der Waals surface area contributed by atoms with E-state index in [2.05, 4.69) is 28.7 Å². The Morgan fingerprint density at radius 1 is 0.807 bits per heavy atom. The molecular weight excluding hydrogens is 717 g/mol. The highest BCUT2D eigenvalue weighted by Gasteiger charge is 2.37. The predicted octanol–water partition coefficient (Wildman–Crippen LogP) is 6.96. The van der Waals surface area contributed by atoms with Gasteiger partial charge in [0.15, 0.2) is 0 Å². The maximum absolute atomic E-state index is 13.5. The number of hydrogen-bond donors (Lipinski definition) is 4. The Labute approximate surface area is 331 Å². The van der Waals surface area contributed by atoms with Crippen molar-refractivity contribution in [2.24, 2.45) is 11.5 Å². The molecule has 12 nitrogen and oxygen atoms in total. The lowest BCUT2D eigenvalue weighted by atomic mass is 9.87. The van der Waals surface area contributed by atoms with E-state index in [-0.39, 0.29) is 23.9 Å². The molecule has 3 aromatic carbocycles. The van der Waals surface area contributed by atoms with Crippen molar-refractivity contribution < 1.29 is 19.1 Å².